The second-order valence-corrected chi connectivity index (χ2v) is 1.13. The molecule has 0 aromatic carbocycles. The minimum atomic E-state index is -4.94. The van der Waals surface area contributed by atoms with E-state index in [-0.39, 0.29) is 98.7 Å². The van der Waals surface area contributed by atoms with E-state index in [1.807, 2.05) is 0 Å². The Labute approximate surface area is 125 Å². The quantitative estimate of drug-likeness (QED) is 0.369. The molecule has 0 N–H and O–H groups in total. The number of halogens is 1. The van der Waals surface area contributed by atoms with E-state index < -0.39 is 10.2 Å². The van der Waals surface area contributed by atoms with Crippen molar-refractivity contribution in [2.75, 3.05) is 0 Å². The first-order valence-corrected chi connectivity index (χ1v) is 1.85. The van der Waals surface area contributed by atoms with Gasteiger partial charge < -0.3 is 0 Å². The van der Waals surface area contributed by atoms with Crippen LogP contribution in [-0.2, 0) is 47.3 Å². The van der Waals surface area contributed by atoms with Gasteiger partial charge in [-0.2, -0.15) is 0 Å². The van der Waals surface area contributed by atoms with Crippen molar-refractivity contribution in [1.82, 2.24) is 0 Å². The Hall–Kier alpha value is 3.34. The first-order valence-electron chi connectivity index (χ1n) is 0.617. The van der Waals surface area contributed by atoms with Gasteiger partial charge >= 0.3 is 98.7 Å². The summed E-state index contributed by atoms with van der Waals surface area (Å²) in [4.78, 5) is 0. The van der Waals surface area contributed by atoms with Crippen molar-refractivity contribution in [1.29, 1.82) is 0 Å². The van der Waals surface area contributed by atoms with Gasteiger partial charge in [0, 0.05) is 0 Å². The normalized spacial score (nSPS) is 7.50. The predicted octanol–water partition coefficient (Wildman–Crippen LogP) is -7.76. The van der Waals surface area contributed by atoms with E-state index in [1.54, 1.807) is 0 Å². The molecule has 0 amide bonds. The molecule has 38 valence electrons. The largest absolute Gasteiger partial charge is 2.00 e. The summed E-state index contributed by atoms with van der Waals surface area (Å²) in [6, 6.07) is 0. The minimum absolute atomic E-state index is 0. The molecule has 0 aliphatic rings. The average Bonchev–Trinajstić information content (AvgIpc) is 0.722. The van der Waals surface area contributed by atoms with Gasteiger partial charge in [0.05, 0.1) is 0 Å². The van der Waals surface area contributed by atoms with Gasteiger partial charge in [-0.25, -0.2) is 18.6 Å². The van der Waals surface area contributed by atoms with Crippen molar-refractivity contribution >= 4 is 0 Å². The van der Waals surface area contributed by atoms with Crippen molar-refractivity contribution in [2.45, 2.75) is 0 Å². The molecule has 8 heteroatoms. The topological polar surface area (TPSA) is 92.2 Å². The van der Waals surface area contributed by atoms with Gasteiger partial charge in [0.25, 0.3) is 0 Å². The summed E-state index contributed by atoms with van der Waals surface area (Å²) in [6.07, 6.45) is 0. The van der Waals surface area contributed by atoms with Gasteiger partial charge in [0.2, 0.25) is 0 Å². The molecule has 8 heavy (non-hydrogen) atoms. The second-order valence-electron chi connectivity index (χ2n) is 0.378. The molecule has 0 rings (SSSR count). The predicted molar refractivity (Wildman–Crippen MR) is 0 cm³/mol. The molecule has 0 aromatic heterocycles. The molecule has 0 aromatic rings. The zero-order chi connectivity index (χ0) is 4.50. The Bertz CT molecular complexity index is 31.5. The standard InChI is InChI=1S/ClHO4.K.W.Zr/c2-1(3,4)5;;;/h(H,2,3,4,5);;;/q;+1;2*+2/p-1. The summed E-state index contributed by atoms with van der Waals surface area (Å²) in [5.74, 6) is 0. The van der Waals surface area contributed by atoms with Crippen molar-refractivity contribution in [2.24, 2.45) is 0 Å². The first-order chi connectivity index (χ1) is 2.00. The van der Waals surface area contributed by atoms with Crippen molar-refractivity contribution in [3.63, 3.8) is 0 Å². The molecule has 0 radical (unpaired) electrons. The fourth-order valence-electron chi connectivity index (χ4n) is 0. The molecule has 4 nitrogen and oxygen atoms in total. The van der Waals surface area contributed by atoms with Crippen LogP contribution in [0.25, 0.3) is 0 Å². The number of rotatable bonds is 0. The van der Waals surface area contributed by atoms with Crippen LogP contribution in [0.1, 0.15) is 0 Å². The van der Waals surface area contributed by atoms with Crippen LogP contribution in [0.2, 0.25) is 0 Å². The third-order valence-corrected chi connectivity index (χ3v) is 0. The van der Waals surface area contributed by atoms with Crippen LogP contribution in [0.15, 0.2) is 0 Å². The van der Waals surface area contributed by atoms with Crippen molar-refractivity contribution < 1.29 is 128 Å². The van der Waals surface area contributed by atoms with Gasteiger partial charge in [-0.1, -0.05) is 0 Å². The first kappa shape index (κ1) is 22.5. The average molecular weight is 414 g/mol. The molecular formula is ClKO4WZr+4. The van der Waals surface area contributed by atoms with E-state index in [9.17, 15) is 0 Å². The fourth-order valence-corrected chi connectivity index (χ4v) is 0. The van der Waals surface area contributed by atoms with Gasteiger partial charge in [-0.05, 0) is 0 Å². The van der Waals surface area contributed by atoms with E-state index in [2.05, 4.69) is 0 Å². The zero-order valence-electron chi connectivity index (χ0n) is 3.92. The van der Waals surface area contributed by atoms with Crippen LogP contribution in [0.4, 0.5) is 0 Å². The van der Waals surface area contributed by atoms with Gasteiger partial charge in [0.1, 0.15) is 0 Å². The molecule has 0 atom stereocenters. The SMILES string of the molecule is [K+].[O-][Cl+3]([O-])([O-])[O-].[W+2].[Zr+2]. The summed E-state index contributed by atoms with van der Waals surface area (Å²) in [5, 5.41) is 0. The molecule has 0 spiro atoms. The molecule has 0 fully saturated rings. The van der Waals surface area contributed by atoms with Crippen LogP contribution >= 0.6 is 0 Å². The smallest absolute Gasteiger partial charge is 0.222 e. The Morgan fingerprint density at radius 1 is 0.875 bits per heavy atom. The van der Waals surface area contributed by atoms with E-state index in [1.165, 1.54) is 0 Å². The Balaban J connectivity index is -0.0000000267. The third-order valence-electron chi connectivity index (χ3n) is 0. The number of hydrogen-bond acceptors (Lipinski definition) is 4. The maximum atomic E-state index is 8.49. The molecule has 0 heterocycles. The molecule has 0 bridgehead atoms. The van der Waals surface area contributed by atoms with Crippen LogP contribution in [0.5, 0.6) is 0 Å². The van der Waals surface area contributed by atoms with Gasteiger partial charge in [0.15, 0.2) is 0 Å². The van der Waals surface area contributed by atoms with E-state index >= 15 is 0 Å². The maximum absolute atomic E-state index is 8.49. The third kappa shape index (κ3) is 58.3. The zero-order valence-corrected chi connectivity index (χ0v) is 13.2. The number of hydrogen-bond donors (Lipinski definition) is 0. The maximum Gasteiger partial charge on any atom is 2.00 e. The molecule has 0 saturated carbocycles. The molecule has 0 unspecified atom stereocenters. The Morgan fingerprint density at radius 2 is 0.875 bits per heavy atom. The van der Waals surface area contributed by atoms with Gasteiger partial charge in [-0.3, -0.25) is 0 Å². The Morgan fingerprint density at radius 3 is 0.875 bits per heavy atom. The fraction of sp³-hybridized carbons (Fsp3) is 0. The summed E-state index contributed by atoms with van der Waals surface area (Å²) in [5.41, 5.74) is 0. The van der Waals surface area contributed by atoms with E-state index in [0.29, 0.717) is 0 Å². The molecule has 0 aliphatic carbocycles. The minimum Gasteiger partial charge on any atom is -0.222 e. The van der Waals surface area contributed by atoms with Crippen molar-refractivity contribution in [3.8, 4) is 0 Å². The van der Waals surface area contributed by atoms with E-state index in [4.69, 9.17) is 18.6 Å². The summed E-state index contributed by atoms with van der Waals surface area (Å²) < 4.78 is 34.0. The molecule has 0 saturated heterocycles. The van der Waals surface area contributed by atoms with Crippen LogP contribution in [0, 0.1) is 10.2 Å². The Kier molecular flexibility index (Phi) is 29.1. The second kappa shape index (κ2) is 10.3. The van der Waals surface area contributed by atoms with Crippen LogP contribution in [-0.4, -0.2) is 0 Å². The monoisotopic (exact) mass is 412 g/mol. The van der Waals surface area contributed by atoms with Crippen LogP contribution < -0.4 is 70.0 Å². The summed E-state index contributed by atoms with van der Waals surface area (Å²) in [6.45, 7) is 0. The van der Waals surface area contributed by atoms with Crippen LogP contribution in [0.3, 0.4) is 0 Å². The molecular weight excluding hydrogens is 414 g/mol. The summed E-state index contributed by atoms with van der Waals surface area (Å²) >= 11 is 0. The molecule has 0 aliphatic heterocycles. The van der Waals surface area contributed by atoms with Gasteiger partial charge in [-0.15, -0.1) is 10.2 Å². The summed E-state index contributed by atoms with van der Waals surface area (Å²) in [7, 11) is -4.94. The van der Waals surface area contributed by atoms with Crippen molar-refractivity contribution in [3.05, 3.63) is 0 Å². The van der Waals surface area contributed by atoms with E-state index in [0.717, 1.165) is 0 Å².